The van der Waals surface area contributed by atoms with Crippen LogP contribution in [0.25, 0.3) is 0 Å². The van der Waals surface area contributed by atoms with Gasteiger partial charge in [0.1, 0.15) is 0 Å². The molecule has 1 atom stereocenters. The van der Waals surface area contributed by atoms with Gasteiger partial charge in [0.15, 0.2) is 0 Å². The van der Waals surface area contributed by atoms with Gasteiger partial charge in [0.25, 0.3) is 0 Å². The van der Waals surface area contributed by atoms with Crippen LogP contribution in [0, 0.1) is 0 Å². The molecule has 0 fully saturated rings. The fourth-order valence-electron chi connectivity index (χ4n) is 4.06. The summed E-state index contributed by atoms with van der Waals surface area (Å²) >= 11 is 0. The molecule has 42 heavy (non-hydrogen) atoms. The Balaban J connectivity index is 0.000000738. The van der Waals surface area contributed by atoms with Gasteiger partial charge in [-0.1, -0.05) is 58.3 Å². The second-order valence-electron chi connectivity index (χ2n) is 10.3. The van der Waals surface area contributed by atoms with Crippen LogP contribution in [0.15, 0.2) is 49.1 Å². The SMILES string of the molecule is CCCCCCCCCCCC(=O)NCC(=O)NC(C)CCC(=O)NCc1ccncc1.O=CNCc1ccncc1. The van der Waals surface area contributed by atoms with Crippen LogP contribution in [0.3, 0.4) is 0 Å². The minimum absolute atomic E-state index is 0.0190. The molecule has 4 N–H and O–H groups in total. The molecule has 0 aliphatic carbocycles. The molecule has 0 saturated heterocycles. The number of aromatic nitrogens is 2. The summed E-state index contributed by atoms with van der Waals surface area (Å²) in [6, 6.07) is 7.29. The zero-order valence-corrected chi connectivity index (χ0v) is 25.4. The standard InChI is InChI=1S/C25H42N4O3.C7H8N2O/c1-3-4-5-6-7-8-9-10-11-12-23(30)28-20-25(32)29-21(2)13-14-24(31)27-19-22-15-17-26-18-16-22;10-6-9-5-7-1-3-8-4-2-7/h15-18,21H,3-14,19-20H2,1-2H3,(H,27,31)(H,28,30)(H,29,32);1-4,6H,5H2,(H,9,10). The van der Waals surface area contributed by atoms with Crippen molar-refractivity contribution in [2.75, 3.05) is 6.54 Å². The maximum atomic E-state index is 12.0. The Morgan fingerprint density at radius 3 is 1.81 bits per heavy atom. The minimum Gasteiger partial charge on any atom is -0.355 e. The number of amides is 4. The van der Waals surface area contributed by atoms with E-state index in [0.29, 0.717) is 38.8 Å². The molecule has 0 saturated carbocycles. The highest BCUT2D eigenvalue weighted by Crippen LogP contribution is 2.10. The smallest absolute Gasteiger partial charge is 0.239 e. The Hall–Kier alpha value is -3.82. The van der Waals surface area contributed by atoms with Crippen LogP contribution >= 0.6 is 0 Å². The van der Waals surface area contributed by atoms with Crippen LogP contribution in [0.4, 0.5) is 0 Å². The number of hydrogen-bond donors (Lipinski definition) is 4. The van der Waals surface area contributed by atoms with Crippen molar-refractivity contribution < 1.29 is 19.2 Å². The van der Waals surface area contributed by atoms with E-state index in [0.717, 1.165) is 24.0 Å². The van der Waals surface area contributed by atoms with Crippen LogP contribution in [0.2, 0.25) is 0 Å². The maximum Gasteiger partial charge on any atom is 0.239 e. The minimum atomic E-state index is -0.227. The van der Waals surface area contributed by atoms with Crippen molar-refractivity contribution in [2.45, 2.75) is 110 Å². The van der Waals surface area contributed by atoms with Gasteiger partial charge < -0.3 is 21.3 Å². The molecule has 0 radical (unpaired) electrons. The van der Waals surface area contributed by atoms with E-state index in [1.54, 1.807) is 24.8 Å². The van der Waals surface area contributed by atoms with Crippen LogP contribution in [-0.4, -0.2) is 46.7 Å². The van der Waals surface area contributed by atoms with E-state index in [1.807, 2.05) is 31.2 Å². The molecule has 4 amide bonds. The third kappa shape index (κ3) is 21.0. The fraction of sp³-hybridized carbons (Fsp3) is 0.562. The molecule has 1 unspecified atom stereocenters. The highest BCUT2D eigenvalue weighted by atomic mass is 16.2. The molecular formula is C32H50N6O4. The van der Waals surface area contributed by atoms with Gasteiger partial charge in [-0.05, 0) is 55.2 Å². The van der Waals surface area contributed by atoms with Gasteiger partial charge in [0.2, 0.25) is 24.1 Å². The molecule has 2 heterocycles. The quantitative estimate of drug-likeness (QED) is 0.127. The van der Waals surface area contributed by atoms with E-state index in [9.17, 15) is 19.2 Å². The van der Waals surface area contributed by atoms with E-state index in [-0.39, 0.29) is 30.3 Å². The van der Waals surface area contributed by atoms with Crippen LogP contribution in [0.5, 0.6) is 0 Å². The topological polar surface area (TPSA) is 142 Å². The summed E-state index contributed by atoms with van der Waals surface area (Å²) < 4.78 is 0. The lowest BCUT2D eigenvalue weighted by Gasteiger charge is -2.14. The maximum absolute atomic E-state index is 12.0. The van der Waals surface area contributed by atoms with Crippen molar-refractivity contribution in [1.29, 1.82) is 0 Å². The summed E-state index contributed by atoms with van der Waals surface area (Å²) in [4.78, 5) is 53.5. The predicted molar refractivity (Wildman–Crippen MR) is 165 cm³/mol. The van der Waals surface area contributed by atoms with Gasteiger partial charge in [-0.3, -0.25) is 29.1 Å². The van der Waals surface area contributed by atoms with Crippen LogP contribution in [0.1, 0.15) is 102 Å². The third-order valence-electron chi connectivity index (χ3n) is 6.54. The molecule has 232 valence electrons. The van der Waals surface area contributed by atoms with E-state index in [1.165, 1.54) is 44.9 Å². The molecule has 0 aliphatic heterocycles. The van der Waals surface area contributed by atoms with Gasteiger partial charge in [-0.15, -0.1) is 0 Å². The molecule has 2 rings (SSSR count). The van der Waals surface area contributed by atoms with Gasteiger partial charge in [-0.2, -0.15) is 0 Å². The second-order valence-corrected chi connectivity index (χ2v) is 10.3. The Morgan fingerprint density at radius 2 is 1.24 bits per heavy atom. The molecule has 0 aromatic carbocycles. The number of pyridine rings is 2. The largest absolute Gasteiger partial charge is 0.355 e. The summed E-state index contributed by atoms with van der Waals surface area (Å²) in [7, 11) is 0. The molecule has 0 aliphatic rings. The number of carbonyl (C=O) groups excluding carboxylic acids is 4. The van der Waals surface area contributed by atoms with Crippen molar-refractivity contribution in [1.82, 2.24) is 31.2 Å². The van der Waals surface area contributed by atoms with Gasteiger partial charge in [-0.25, -0.2) is 0 Å². The first-order valence-electron chi connectivity index (χ1n) is 15.2. The number of carbonyl (C=O) groups is 4. The van der Waals surface area contributed by atoms with Crippen LogP contribution in [-0.2, 0) is 32.3 Å². The van der Waals surface area contributed by atoms with Crippen molar-refractivity contribution in [3.05, 3.63) is 60.2 Å². The molecular weight excluding hydrogens is 532 g/mol. The molecule has 0 bridgehead atoms. The highest BCUT2D eigenvalue weighted by Gasteiger charge is 2.11. The van der Waals surface area contributed by atoms with Gasteiger partial charge in [0.05, 0.1) is 6.54 Å². The Bertz CT molecular complexity index is 991. The Labute approximate surface area is 251 Å². The Kier molecular flexibility index (Phi) is 21.5. The summed E-state index contributed by atoms with van der Waals surface area (Å²) in [5, 5.41) is 10.9. The average Bonchev–Trinajstić information content (AvgIpc) is 3.01. The number of unbranched alkanes of at least 4 members (excludes halogenated alkanes) is 8. The summed E-state index contributed by atoms with van der Waals surface area (Å²) in [6.45, 7) is 5.11. The van der Waals surface area contributed by atoms with E-state index >= 15 is 0 Å². The average molecular weight is 583 g/mol. The number of hydrogen-bond acceptors (Lipinski definition) is 6. The second kappa shape index (κ2) is 24.9. The summed E-state index contributed by atoms with van der Waals surface area (Å²) in [6.07, 6.45) is 19.7. The lowest BCUT2D eigenvalue weighted by Crippen LogP contribution is -2.41. The number of rotatable bonds is 21. The van der Waals surface area contributed by atoms with Crippen LogP contribution < -0.4 is 21.3 Å². The van der Waals surface area contributed by atoms with E-state index < -0.39 is 0 Å². The molecule has 10 heteroatoms. The lowest BCUT2D eigenvalue weighted by molar-refractivity contribution is -0.126. The fourth-order valence-corrected chi connectivity index (χ4v) is 4.06. The van der Waals surface area contributed by atoms with Crippen molar-refractivity contribution in [2.24, 2.45) is 0 Å². The first kappa shape index (κ1) is 36.2. The molecule has 10 nitrogen and oxygen atoms in total. The summed E-state index contributed by atoms with van der Waals surface area (Å²) in [5.74, 6) is -0.362. The van der Waals surface area contributed by atoms with Gasteiger partial charge >= 0.3 is 0 Å². The molecule has 2 aromatic rings. The zero-order chi connectivity index (χ0) is 30.7. The first-order valence-corrected chi connectivity index (χ1v) is 15.2. The third-order valence-corrected chi connectivity index (χ3v) is 6.54. The zero-order valence-electron chi connectivity index (χ0n) is 25.4. The van der Waals surface area contributed by atoms with E-state index in [2.05, 4.69) is 38.2 Å². The Morgan fingerprint density at radius 1 is 0.714 bits per heavy atom. The molecule has 0 spiro atoms. The molecule has 2 aromatic heterocycles. The number of nitrogens with one attached hydrogen (secondary N) is 4. The van der Waals surface area contributed by atoms with Crippen molar-refractivity contribution in [3.63, 3.8) is 0 Å². The van der Waals surface area contributed by atoms with E-state index in [4.69, 9.17) is 0 Å². The number of nitrogens with zero attached hydrogens (tertiary/aromatic N) is 2. The normalized spacial score (nSPS) is 10.9. The predicted octanol–water partition coefficient (Wildman–Crippen LogP) is 4.35. The monoisotopic (exact) mass is 582 g/mol. The van der Waals surface area contributed by atoms with Crippen molar-refractivity contribution >= 4 is 24.1 Å². The van der Waals surface area contributed by atoms with Crippen molar-refractivity contribution in [3.8, 4) is 0 Å². The highest BCUT2D eigenvalue weighted by molar-refractivity contribution is 5.84. The lowest BCUT2D eigenvalue weighted by atomic mass is 10.1. The summed E-state index contributed by atoms with van der Waals surface area (Å²) in [5.41, 5.74) is 2.05. The first-order chi connectivity index (χ1) is 20.4. The van der Waals surface area contributed by atoms with Gasteiger partial charge in [0, 0.05) is 56.8 Å².